The van der Waals surface area contributed by atoms with Crippen LogP contribution in [0.2, 0.25) is 0 Å². The normalized spacial score (nSPS) is 12.7. The first-order valence-corrected chi connectivity index (χ1v) is 11.4. The molecular formula is C21H36NO3S+. The van der Waals surface area contributed by atoms with E-state index in [0.717, 1.165) is 30.4 Å². The molecule has 0 unspecified atom stereocenters. The third-order valence-electron chi connectivity index (χ3n) is 4.61. The fourth-order valence-corrected chi connectivity index (χ4v) is 3.55. The molecule has 0 amide bonds. The molecule has 148 valence electrons. The SMILES string of the molecule is C[N+](C)(C/C=C/CCCCCCc1ccccc1)CCCCS(=O)(=O)O. The number of nitrogens with zero attached hydrogens (tertiary/aromatic N) is 1. The molecule has 0 saturated heterocycles. The van der Waals surface area contributed by atoms with Crippen molar-refractivity contribution in [3.05, 3.63) is 48.0 Å². The fourth-order valence-electron chi connectivity index (χ4n) is 2.98. The van der Waals surface area contributed by atoms with E-state index < -0.39 is 10.1 Å². The molecule has 0 atom stereocenters. The van der Waals surface area contributed by atoms with Gasteiger partial charge in [0, 0.05) is 0 Å². The van der Waals surface area contributed by atoms with Crippen LogP contribution in [0.25, 0.3) is 0 Å². The molecule has 0 aliphatic rings. The van der Waals surface area contributed by atoms with Crippen LogP contribution in [-0.4, -0.2) is 50.4 Å². The fraction of sp³-hybridized carbons (Fsp3) is 0.619. The molecule has 1 N–H and O–H groups in total. The van der Waals surface area contributed by atoms with Gasteiger partial charge in [-0.3, -0.25) is 4.55 Å². The van der Waals surface area contributed by atoms with Crippen molar-refractivity contribution in [2.24, 2.45) is 0 Å². The monoisotopic (exact) mass is 382 g/mol. The molecule has 1 aromatic carbocycles. The van der Waals surface area contributed by atoms with Crippen LogP contribution in [0.15, 0.2) is 42.5 Å². The number of aryl methyl sites for hydroxylation is 1. The van der Waals surface area contributed by atoms with Crippen molar-refractivity contribution in [2.75, 3.05) is 32.9 Å². The van der Waals surface area contributed by atoms with Crippen LogP contribution < -0.4 is 0 Å². The van der Waals surface area contributed by atoms with Crippen LogP contribution in [0.1, 0.15) is 50.5 Å². The Morgan fingerprint density at radius 2 is 1.62 bits per heavy atom. The van der Waals surface area contributed by atoms with Gasteiger partial charge in [-0.1, -0.05) is 49.2 Å². The van der Waals surface area contributed by atoms with Gasteiger partial charge in [0.2, 0.25) is 0 Å². The Balaban J connectivity index is 2.01. The first-order valence-electron chi connectivity index (χ1n) is 9.75. The molecule has 5 heteroatoms. The summed E-state index contributed by atoms with van der Waals surface area (Å²) in [7, 11) is 0.496. The molecule has 0 radical (unpaired) electrons. The molecule has 26 heavy (non-hydrogen) atoms. The Kier molecular flexibility index (Phi) is 10.8. The van der Waals surface area contributed by atoms with Crippen molar-refractivity contribution in [1.82, 2.24) is 0 Å². The molecule has 1 aromatic rings. The van der Waals surface area contributed by atoms with Crippen molar-refractivity contribution in [3.63, 3.8) is 0 Å². The maximum Gasteiger partial charge on any atom is 0.264 e. The van der Waals surface area contributed by atoms with Gasteiger partial charge in [0.25, 0.3) is 10.1 Å². The number of rotatable bonds is 14. The van der Waals surface area contributed by atoms with Crippen LogP contribution >= 0.6 is 0 Å². The molecule has 0 bridgehead atoms. The Labute approximate surface area is 160 Å². The van der Waals surface area contributed by atoms with E-state index in [-0.39, 0.29) is 5.75 Å². The van der Waals surface area contributed by atoms with Crippen molar-refractivity contribution in [3.8, 4) is 0 Å². The van der Waals surface area contributed by atoms with E-state index in [4.69, 9.17) is 4.55 Å². The van der Waals surface area contributed by atoms with Crippen molar-refractivity contribution in [2.45, 2.75) is 51.4 Å². The van der Waals surface area contributed by atoms with E-state index in [1.54, 1.807) is 0 Å². The van der Waals surface area contributed by atoms with Gasteiger partial charge in [-0.25, -0.2) is 0 Å². The maximum absolute atomic E-state index is 10.7. The molecule has 0 fully saturated rings. The van der Waals surface area contributed by atoms with Crippen molar-refractivity contribution < 1.29 is 17.5 Å². The smallest absolute Gasteiger partial charge is 0.264 e. The molecule has 0 spiro atoms. The largest absolute Gasteiger partial charge is 0.325 e. The molecule has 0 saturated carbocycles. The summed E-state index contributed by atoms with van der Waals surface area (Å²) in [5.41, 5.74) is 1.43. The molecule has 0 aliphatic heterocycles. The van der Waals surface area contributed by atoms with Crippen molar-refractivity contribution >= 4 is 10.1 Å². The lowest BCUT2D eigenvalue weighted by molar-refractivity contribution is -0.884. The molecule has 0 heterocycles. The van der Waals surface area contributed by atoms with E-state index in [1.807, 2.05) is 0 Å². The molecule has 0 aliphatic carbocycles. The second kappa shape index (κ2) is 12.3. The number of hydrogen-bond acceptors (Lipinski definition) is 2. The Morgan fingerprint density at radius 1 is 0.923 bits per heavy atom. The second-order valence-electron chi connectivity index (χ2n) is 7.74. The average molecular weight is 383 g/mol. The molecule has 1 rings (SSSR count). The standard InChI is InChI=1S/C21H35NO3S/c1-22(2,19-13-14-20-26(23,24)25)18-12-7-5-3-4-6-9-15-21-16-10-8-11-17-21/h7-8,10-12,16-17H,3-6,9,13-15,18-20H2,1-2H3/p+1/b12-7+. The van der Waals surface area contributed by atoms with E-state index >= 15 is 0 Å². The molecular weight excluding hydrogens is 346 g/mol. The van der Waals surface area contributed by atoms with Crippen molar-refractivity contribution in [1.29, 1.82) is 0 Å². The van der Waals surface area contributed by atoms with E-state index in [1.165, 1.54) is 37.7 Å². The quantitative estimate of drug-likeness (QED) is 0.223. The van der Waals surface area contributed by atoms with Crippen LogP contribution in [0.3, 0.4) is 0 Å². The zero-order valence-corrected chi connectivity index (χ0v) is 17.3. The second-order valence-corrected chi connectivity index (χ2v) is 9.32. The first kappa shape index (κ1) is 22.9. The summed E-state index contributed by atoms with van der Waals surface area (Å²) in [6.45, 7) is 1.87. The summed E-state index contributed by atoms with van der Waals surface area (Å²) in [5, 5.41) is 0. The average Bonchev–Trinajstić information content (AvgIpc) is 2.57. The predicted octanol–water partition coefficient (Wildman–Crippen LogP) is 4.48. The maximum atomic E-state index is 10.7. The highest BCUT2D eigenvalue weighted by atomic mass is 32.2. The number of quaternary nitrogens is 1. The summed E-state index contributed by atoms with van der Waals surface area (Å²) < 4.78 is 31.0. The van der Waals surface area contributed by atoms with Gasteiger partial charge in [-0.05, 0) is 50.2 Å². The number of unbranched alkanes of at least 4 members (excludes halogenated alkanes) is 5. The number of likely N-dealkylation sites (N-methyl/N-ethyl adjacent to an activating group) is 1. The summed E-state index contributed by atoms with van der Waals surface area (Å²) in [5.74, 6) is -0.132. The Morgan fingerprint density at radius 3 is 2.31 bits per heavy atom. The number of benzene rings is 1. The lowest BCUT2D eigenvalue weighted by Crippen LogP contribution is -2.40. The summed E-state index contributed by atoms with van der Waals surface area (Å²) >= 11 is 0. The van der Waals surface area contributed by atoms with Crippen LogP contribution in [0.4, 0.5) is 0 Å². The lowest BCUT2D eigenvalue weighted by Gasteiger charge is -2.28. The highest BCUT2D eigenvalue weighted by molar-refractivity contribution is 7.85. The third kappa shape index (κ3) is 13.1. The minimum absolute atomic E-state index is 0.132. The first-order chi connectivity index (χ1) is 12.3. The van der Waals surface area contributed by atoms with Gasteiger partial charge < -0.3 is 4.48 Å². The van der Waals surface area contributed by atoms with Gasteiger partial charge in [0.1, 0.15) is 0 Å². The van der Waals surface area contributed by atoms with E-state index in [0.29, 0.717) is 6.42 Å². The summed E-state index contributed by atoms with van der Waals surface area (Å²) in [4.78, 5) is 0. The molecule has 0 aromatic heterocycles. The minimum atomic E-state index is -3.81. The number of hydrogen-bond donors (Lipinski definition) is 1. The van der Waals surface area contributed by atoms with E-state index in [9.17, 15) is 8.42 Å². The Bertz CT molecular complexity index is 609. The van der Waals surface area contributed by atoms with Gasteiger partial charge >= 0.3 is 0 Å². The highest BCUT2D eigenvalue weighted by Gasteiger charge is 2.13. The Hall–Kier alpha value is -1.17. The zero-order chi connectivity index (χ0) is 19.3. The predicted molar refractivity (Wildman–Crippen MR) is 110 cm³/mol. The minimum Gasteiger partial charge on any atom is -0.325 e. The van der Waals surface area contributed by atoms with Gasteiger partial charge in [-0.15, -0.1) is 0 Å². The van der Waals surface area contributed by atoms with Gasteiger partial charge in [-0.2, -0.15) is 8.42 Å². The van der Waals surface area contributed by atoms with Crippen LogP contribution in [0.5, 0.6) is 0 Å². The topological polar surface area (TPSA) is 54.4 Å². The van der Waals surface area contributed by atoms with Crippen LogP contribution in [-0.2, 0) is 16.5 Å². The highest BCUT2D eigenvalue weighted by Crippen LogP contribution is 2.09. The summed E-state index contributed by atoms with van der Waals surface area (Å²) in [6.07, 6.45) is 13.2. The van der Waals surface area contributed by atoms with Gasteiger partial charge in [0.05, 0.1) is 32.9 Å². The summed E-state index contributed by atoms with van der Waals surface area (Å²) in [6, 6.07) is 10.7. The van der Waals surface area contributed by atoms with Gasteiger partial charge in [0.15, 0.2) is 0 Å². The number of allylic oxidation sites excluding steroid dienone is 1. The lowest BCUT2D eigenvalue weighted by atomic mass is 10.1. The third-order valence-corrected chi connectivity index (χ3v) is 5.42. The zero-order valence-electron chi connectivity index (χ0n) is 16.4. The van der Waals surface area contributed by atoms with Crippen LogP contribution in [0, 0.1) is 0 Å². The van der Waals surface area contributed by atoms with E-state index in [2.05, 4.69) is 56.6 Å². The molecule has 4 nitrogen and oxygen atoms in total.